The van der Waals surface area contributed by atoms with Crippen molar-refractivity contribution in [3.8, 4) is 0 Å². The summed E-state index contributed by atoms with van der Waals surface area (Å²) in [5, 5.41) is 14.4. The second-order valence-corrected chi connectivity index (χ2v) is 7.07. The van der Waals surface area contributed by atoms with Crippen molar-refractivity contribution in [3.05, 3.63) is 62.5 Å². The lowest BCUT2D eigenvalue weighted by Gasteiger charge is -2.34. The molecule has 0 radical (unpaired) electrons. The van der Waals surface area contributed by atoms with E-state index in [1.165, 1.54) is 12.1 Å². The standard InChI is InChI=1S/C20H22N2O5/c1-11(2)27-20(24)17-12(3)21-15-8-5-9-16(23)19(15)18(17)13-6-4-7-14(10-13)22(25)26/h4,6-7,10-11,18,21H,5,8-9H2,1-3H3/t18-/m1/s1. The number of dihydropyridines is 1. The monoisotopic (exact) mass is 370 g/mol. The minimum Gasteiger partial charge on any atom is -0.460 e. The molecule has 142 valence electrons. The lowest BCUT2D eigenvalue weighted by atomic mass is 9.75. The first kappa shape index (κ1) is 18.8. The first-order chi connectivity index (χ1) is 12.8. The van der Waals surface area contributed by atoms with Crippen LogP contribution in [0.25, 0.3) is 0 Å². The smallest absolute Gasteiger partial charge is 0.337 e. The zero-order valence-electron chi connectivity index (χ0n) is 15.6. The van der Waals surface area contributed by atoms with Gasteiger partial charge in [-0.05, 0) is 39.2 Å². The fraction of sp³-hybridized carbons (Fsp3) is 0.400. The van der Waals surface area contributed by atoms with Crippen molar-refractivity contribution in [1.82, 2.24) is 5.32 Å². The van der Waals surface area contributed by atoms with E-state index in [0.29, 0.717) is 35.2 Å². The van der Waals surface area contributed by atoms with Crippen molar-refractivity contribution in [2.24, 2.45) is 0 Å². The Morgan fingerprint density at radius 3 is 2.74 bits per heavy atom. The van der Waals surface area contributed by atoms with Gasteiger partial charge in [-0.3, -0.25) is 14.9 Å². The molecule has 1 aliphatic heterocycles. The number of nitro groups is 1. The SMILES string of the molecule is CC1=C(C(=O)OC(C)C)[C@@H](c2cccc([N+](=O)[O-])c2)C2=C(CCCC2=O)N1. The van der Waals surface area contributed by atoms with Gasteiger partial charge in [0.1, 0.15) is 0 Å². The van der Waals surface area contributed by atoms with Gasteiger partial charge in [-0.25, -0.2) is 4.79 Å². The maximum absolute atomic E-state index is 12.8. The van der Waals surface area contributed by atoms with E-state index in [1.54, 1.807) is 32.9 Å². The fourth-order valence-corrected chi connectivity index (χ4v) is 3.68. The van der Waals surface area contributed by atoms with E-state index in [1.807, 2.05) is 0 Å². The van der Waals surface area contributed by atoms with E-state index >= 15 is 0 Å². The molecule has 1 atom stereocenters. The number of Topliss-reactive ketones (excluding diaryl/α,β-unsaturated/α-hetero) is 1. The molecular weight excluding hydrogens is 348 g/mol. The second kappa shape index (κ2) is 7.34. The molecule has 2 aliphatic rings. The Balaban J connectivity index is 2.17. The Bertz CT molecular complexity index is 882. The summed E-state index contributed by atoms with van der Waals surface area (Å²) in [4.78, 5) is 36.3. The van der Waals surface area contributed by atoms with Gasteiger partial charge in [-0.1, -0.05) is 12.1 Å². The Kier molecular flexibility index (Phi) is 5.12. The van der Waals surface area contributed by atoms with E-state index in [4.69, 9.17) is 4.74 Å². The molecule has 0 fully saturated rings. The summed E-state index contributed by atoms with van der Waals surface area (Å²) in [6, 6.07) is 6.11. The van der Waals surface area contributed by atoms with Gasteiger partial charge in [0.05, 0.1) is 16.6 Å². The molecule has 1 N–H and O–H groups in total. The first-order valence-electron chi connectivity index (χ1n) is 8.99. The van der Waals surface area contributed by atoms with Crippen LogP contribution < -0.4 is 5.32 Å². The van der Waals surface area contributed by atoms with Gasteiger partial charge in [-0.2, -0.15) is 0 Å². The number of carbonyl (C=O) groups is 2. The molecule has 0 aromatic heterocycles. The lowest BCUT2D eigenvalue weighted by molar-refractivity contribution is -0.384. The number of nitrogens with one attached hydrogen (secondary N) is 1. The van der Waals surface area contributed by atoms with Crippen molar-refractivity contribution < 1.29 is 19.2 Å². The molecule has 0 amide bonds. The van der Waals surface area contributed by atoms with Crippen LogP contribution in [-0.4, -0.2) is 22.8 Å². The highest BCUT2D eigenvalue weighted by atomic mass is 16.6. The summed E-state index contributed by atoms with van der Waals surface area (Å²) in [6.45, 7) is 5.27. The van der Waals surface area contributed by atoms with Crippen molar-refractivity contribution in [2.45, 2.75) is 52.1 Å². The van der Waals surface area contributed by atoms with Gasteiger partial charge >= 0.3 is 5.97 Å². The maximum atomic E-state index is 12.8. The number of hydrogen-bond acceptors (Lipinski definition) is 6. The fourth-order valence-electron chi connectivity index (χ4n) is 3.68. The number of allylic oxidation sites excluding steroid dienone is 3. The predicted octanol–water partition coefficient (Wildman–Crippen LogP) is 3.51. The summed E-state index contributed by atoms with van der Waals surface area (Å²) in [6.07, 6.45) is 1.53. The van der Waals surface area contributed by atoms with Gasteiger partial charge in [0, 0.05) is 41.4 Å². The van der Waals surface area contributed by atoms with Crippen molar-refractivity contribution >= 4 is 17.4 Å². The molecule has 0 spiro atoms. The van der Waals surface area contributed by atoms with E-state index < -0.39 is 16.8 Å². The number of benzene rings is 1. The minimum atomic E-state index is -0.666. The average molecular weight is 370 g/mol. The maximum Gasteiger partial charge on any atom is 0.337 e. The summed E-state index contributed by atoms with van der Waals surface area (Å²) < 4.78 is 5.40. The molecule has 3 rings (SSSR count). The summed E-state index contributed by atoms with van der Waals surface area (Å²) in [7, 11) is 0. The van der Waals surface area contributed by atoms with Crippen LogP contribution in [0, 0.1) is 10.1 Å². The van der Waals surface area contributed by atoms with Crippen LogP contribution in [0.4, 0.5) is 5.69 Å². The summed E-state index contributed by atoms with van der Waals surface area (Å²) >= 11 is 0. The molecule has 1 aliphatic carbocycles. The third-order valence-electron chi connectivity index (χ3n) is 4.75. The minimum absolute atomic E-state index is 0.0393. The van der Waals surface area contributed by atoms with E-state index in [2.05, 4.69) is 5.32 Å². The topological polar surface area (TPSA) is 98.5 Å². The molecule has 27 heavy (non-hydrogen) atoms. The summed E-state index contributed by atoms with van der Waals surface area (Å²) in [5.74, 6) is -1.22. The number of carbonyl (C=O) groups excluding carboxylic acids is 2. The largest absolute Gasteiger partial charge is 0.460 e. The van der Waals surface area contributed by atoms with Gasteiger partial charge in [0.25, 0.3) is 5.69 Å². The Hall–Kier alpha value is -2.96. The Morgan fingerprint density at radius 1 is 1.33 bits per heavy atom. The third kappa shape index (κ3) is 3.63. The number of non-ortho nitro benzene ring substituents is 1. The van der Waals surface area contributed by atoms with Crippen LogP contribution >= 0.6 is 0 Å². The van der Waals surface area contributed by atoms with Gasteiger partial charge in [-0.15, -0.1) is 0 Å². The zero-order valence-corrected chi connectivity index (χ0v) is 15.6. The number of nitrogens with zero attached hydrogens (tertiary/aromatic N) is 1. The quantitative estimate of drug-likeness (QED) is 0.495. The van der Waals surface area contributed by atoms with Crippen molar-refractivity contribution in [1.29, 1.82) is 0 Å². The highest BCUT2D eigenvalue weighted by Gasteiger charge is 2.39. The normalized spacial score (nSPS) is 19.7. The van der Waals surface area contributed by atoms with Crippen LogP contribution in [-0.2, 0) is 14.3 Å². The third-order valence-corrected chi connectivity index (χ3v) is 4.75. The van der Waals surface area contributed by atoms with Gasteiger partial charge in [0.15, 0.2) is 5.78 Å². The molecule has 1 aromatic rings. The second-order valence-electron chi connectivity index (χ2n) is 7.07. The first-order valence-corrected chi connectivity index (χ1v) is 8.99. The van der Waals surface area contributed by atoms with E-state index in [-0.39, 0.29) is 17.6 Å². The van der Waals surface area contributed by atoms with Crippen LogP contribution in [0.2, 0.25) is 0 Å². The predicted molar refractivity (Wildman–Crippen MR) is 98.8 cm³/mol. The highest BCUT2D eigenvalue weighted by molar-refractivity contribution is 6.03. The molecular formula is C20H22N2O5. The average Bonchev–Trinajstić information content (AvgIpc) is 2.60. The zero-order chi connectivity index (χ0) is 19.7. The Morgan fingerprint density at radius 2 is 2.07 bits per heavy atom. The number of rotatable bonds is 4. The van der Waals surface area contributed by atoms with Crippen molar-refractivity contribution in [2.75, 3.05) is 0 Å². The van der Waals surface area contributed by atoms with Crippen LogP contribution in [0.3, 0.4) is 0 Å². The number of nitro benzene ring substituents is 1. The number of ketones is 1. The van der Waals surface area contributed by atoms with Crippen LogP contribution in [0.1, 0.15) is 51.5 Å². The van der Waals surface area contributed by atoms with Crippen molar-refractivity contribution in [3.63, 3.8) is 0 Å². The van der Waals surface area contributed by atoms with Gasteiger partial charge in [0.2, 0.25) is 0 Å². The number of ether oxygens (including phenoxy) is 1. The van der Waals surface area contributed by atoms with E-state index in [9.17, 15) is 19.7 Å². The Labute approximate surface area is 157 Å². The van der Waals surface area contributed by atoms with Crippen LogP contribution in [0.5, 0.6) is 0 Å². The molecule has 0 unspecified atom stereocenters. The molecule has 0 bridgehead atoms. The van der Waals surface area contributed by atoms with Crippen LogP contribution in [0.15, 0.2) is 46.8 Å². The lowest BCUT2D eigenvalue weighted by Crippen LogP contribution is -2.35. The highest BCUT2D eigenvalue weighted by Crippen LogP contribution is 2.43. The molecule has 1 heterocycles. The summed E-state index contributed by atoms with van der Waals surface area (Å²) in [5.41, 5.74) is 2.72. The number of esters is 1. The molecule has 0 saturated carbocycles. The molecule has 0 saturated heterocycles. The molecule has 1 aromatic carbocycles. The van der Waals surface area contributed by atoms with Gasteiger partial charge < -0.3 is 10.1 Å². The van der Waals surface area contributed by atoms with E-state index in [0.717, 1.165) is 12.1 Å². The molecule has 7 heteroatoms. The number of hydrogen-bond donors (Lipinski definition) is 1. The molecule has 7 nitrogen and oxygen atoms in total.